The van der Waals surface area contributed by atoms with Crippen LogP contribution >= 0.6 is 15.9 Å². The zero-order chi connectivity index (χ0) is 14.0. The molecule has 5 heteroatoms. The molecular weight excluding hydrogens is 318 g/mol. The molecule has 0 aliphatic rings. The van der Waals surface area contributed by atoms with Crippen molar-refractivity contribution in [1.82, 2.24) is 0 Å². The third-order valence-corrected chi connectivity index (χ3v) is 3.48. The van der Waals surface area contributed by atoms with E-state index in [4.69, 9.17) is 4.74 Å². The van der Waals surface area contributed by atoms with Crippen molar-refractivity contribution in [2.24, 2.45) is 0 Å². The minimum absolute atomic E-state index is 0.271. The largest absolute Gasteiger partial charge is 0.497 e. The van der Waals surface area contributed by atoms with E-state index in [-0.39, 0.29) is 5.56 Å². The van der Waals surface area contributed by atoms with Crippen LogP contribution in [-0.2, 0) is 0 Å². The quantitative estimate of drug-likeness (QED) is 0.928. The standard InChI is InChI=1S/C14H11BrF2O2/c1-19-9-3-4-11(15)10(7-9)14(18)8-2-5-12(16)13(17)6-8/h2-7,14,18H,1H3. The number of ether oxygens (including phenoxy) is 1. The van der Waals surface area contributed by atoms with Crippen LogP contribution in [0.1, 0.15) is 17.2 Å². The first-order valence-electron chi connectivity index (χ1n) is 5.49. The smallest absolute Gasteiger partial charge is 0.159 e. The van der Waals surface area contributed by atoms with E-state index in [1.165, 1.54) is 13.2 Å². The Bertz CT molecular complexity index is 602. The van der Waals surface area contributed by atoms with Gasteiger partial charge in [-0.15, -0.1) is 0 Å². The van der Waals surface area contributed by atoms with Crippen LogP contribution in [0.2, 0.25) is 0 Å². The first-order valence-corrected chi connectivity index (χ1v) is 6.28. The summed E-state index contributed by atoms with van der Waals surface area (Å²) < 4.78 is 31.8. The number of aliphatic hydroxyl groups is 1. The second-order valence-electron chi connectivity index (χ2n) is 3.96. The van der Waals surface area contributed by atoms with Gasteiger partial charge in [-0.3, -0.25) is 0 Å². The molecule has 19 heavy (non-hydrogen) atoms. The number of aliphatic hydroxyl groups excluding tert-OH is 1. The lowest BCUT2D eigenvalue weighted by atomic mass is 10.0. The predicted octanol–water partition coefficient (Wildman–Crippen LogP) is 3.82. The molecule has 0 spiro atoms. The van der Waals surface area contributed by atoms with Gasteiger partial charge in [-0.1, -0.05) is 22.0 Å². The topological polar surface area (TPSA) is 29.5 Å². The van der Waals surface area contributed by atoms with Crippen molar-refractivity contribution in [2.75, 3.05) is 7.11 Å². The van der Waals surface area contributed by atoms with Crippen LogP contribution in [0.25, 0.3) is 0 Å². The Morgan fingerprint density at radius 3 is 2.47 bits per heavy atom. The molecule has 0 bridgehead atoms. The van der Waals surface area contributed by atoms with Crippen LogP contribution < -0.4 is 4.74 Å². The van der Waals surface area contributed by atoms with Crippen molar-refractivity contribution >= 4 is 15.9 Å². The number of halogens is 3. The molecule has 0 saturated heterocycles. The Kier molecular flexibility index (Phi) is 4.17. The number of hydrogen-bond donors (Lipinski definition) is 1. The molecule has 1 atom stereocenters. The van der Waals surface area contributed by atoms with Gasteiger partial charge >= 0.3 is 0 Å². The van der Waals surface area contributed by atoms with Crippen LogP contribution in [0.3, 0.4) is 0 Å². The van der Waals surface area contributed by atoms with Crippen molar-refractivity contribution in [3.05, 3.63) is 63.6 Å². The number of benzene rings is 2. The summed E-state index contributed by atoms with van der Waals surface area (Å²) in [5.74, 6) is -1.36. The molecule has 0 aromatic heterocycles. The predicted molar refractivity (Wildman–Crippen MR) is 71.1 cm³/mol. The highest BCUT2D eigenvalue weighted by Crippen LogP contribution is 2.32. The molecule has 0 fully saturated rings. The molecule has 0 heterocycles. The molecule has 0 saturated carbocycles. The first kappa shape index (κ1) is 14.0. The number of methoxy groups -OCH3 is 1. The summed E-state index contributed by atoms with van der Waals surface area (Å²) in [6, 6.07) is 8.39. The summed E-state index contributed by atoms with van der Waals surface area (Å²) in [6.07, 6.45) is -1.07. The van der Waals surface area contributed by atoms with Gasteiger partial charge in [0.05, 0.1) is 7.11 Å². The molecule has 100 valence electrons. The zero-order valence-electron chi connectivity index (χ0n) is 10.0. The highest BCUT2D eigenvalue weighted by Gasteiger charge is 2.16. The summed E-state index contributed by atoms with van der Waals surface area (Å²) in [4.78, 5) is 0. The van der Waals surface area contributed by atoms with Crippen LogP contribution in [0.4, 0.5) is 8.78 Å². The van der Waals surface area contributed by atoms with E-state index in [1.54, 1.807) is 18.2 Å². The Morgan fingerprint density at radius 1 is 1.11 bits per heavy atom. The minimum Gasteiger partial charge on any atom is -0.497 e. The summed E-state index contributed by atoms with van der Waals surface area (Å²) in [5, 5.41) is 10.2. The fourth-order valence-electron chi connectivity index (χ4n) is 1.72. The Labute approximate surface area is 117 Å². The molecule has 0 aliphatic heterocycles. The van der Waals surface area contributed by atoms with Crippen molar-refractivity contribution in [3.63, 3.8) is 0 Å². The molecule has 2 rings (SSSR count). The van der Waals surface area contributed by atoms with Gasteiger partial charge in [0.2, 0.25) is 0 Å². The molecule has 2 nitrogen and oxygen atoms in total. The van der Waals surface area contributed by atoms with E-state index in [1.807, 2.05) is 0 Å². The lowest BCUT2D eigenvalue weighted by Gasteiger charge is -2.14. The lowest BCUT2D eigenvalue weighted by Crippen LogP contribution is -2.02. The van der Waals surface area contributed by atoms with Gasteiger partial charge in [0.25, 0.3) is 0 Å². The van der Waals surface area contributed by atoms with Crippen LogP contribution in [-0.4, -0.2) is 12.2 Å². The molecule has 2 aromatic rings. The van der Waals surface area contributed by atoms with Gasteiger partial charge in [0.15, 0.2) is 11.6 Å². The lowest BCUT2D eigenvalue weighted by molar-refractivity contribution is 0.218. The first-order chi connectivity index (χ1) is 9.02. The molecule has 0 amide bonds. The van der Waals surface area contributed by atoms with Crippen LogP contribution in [0.5, 0.6) is 5.75 Å². The van der Waals surface area contributed by atoms with E-state index in [9.17, 15) is 13.9 Å². The average molecular weight is 329 g/mol. The van der Waals surface area contributed by atoms with Crippen LogP contribution in [0, 0.1) is 11.6 Å². The third-order valence-electron chi connectivity index (χ3n) is 2.76. The van der Waals surface area contributed by atoms with E-state index in [2.05, 4.69) is 15.9 Å². The van der Waals surface area contributed by atoms with Gasteiger partial charge in [0, 0.05) is 10.0 Å². The molecule has 0 aliphatic carbocycles. The fourth-order valence-corrected chi connectivity index (χ4v) is 2.18. The Balaban J connectivity index is 2.42. The normalized spacial score (nSPS) is 12.3. The number of hydrogen-bond acceptors (Lipinski definition) is 2. The summed E-state index contributed by atoms with van der Waals surface area (Å²) in [7, 11) is 1.51. The van der Waals surface area contributed by atoms with Crippen molar-refractivity contribution in [2.45, 2.75) is 6.10 Å². The highest BCUT2D eigenvalue weighted by molar-refractivity contribution is 9.10. The maximum atomic E-state index is 13.2. The van der Waals surface area contributed by atoms with Gasteiger partial charge in [-0.05, 0) is 35.9 Å². The maximum absolute atomic E-state index is 13.2. The molecule has 0 radical (unpaired) electrons. The average Bonchev–Trinajstić information content (AvgIpc) is 2.41. The van der Waals surface area contributed by atoms with E-state index in [0.717, 1.165) is 12.1 Å². The van der Waals surface area contributed by atoms with Gasteiger partial charge in [0.1, 0.15) is 11.9 Å². The van der Waals surface area contributed by atoms with E-state index in [0.29, 0.717) is 15.8 Å². The molecule has 1 unspecified atom stereocenters. The van der Waals surface area contributed by atoms with Gasteiger partial charge < -0.3 is 9.84 Å². The van der Waals surface area contributed by atoms with Crippen LogP contribution in [0.15, 0.2) is 40.9 Å². The summed E-state index contributed by atoms with van der Waals surface area (Å²) >= 11 is 3.31. The Morgan fingerprint density at radius 2 is 1.84 bits per heavy atom. The summed E-state index contributed by atoms with van der Waals surface area (Å²) in [5.41, 5.74) is 0.790. The third kappa shape index (κ3) is 2.93. The molecule has 1 N–H and O–H groups in total. The maximum Gasteiger partial charge on any atom is 0.159 e. The second-order valence-corrected chi connectivity index (χ2v) is 4.82. The summed E-state index contributed by atoms with van der Waals surface area (Å²) in [6.45, 7) is 0. The van der Waals surface area contributed by atoms with Gasteiger partial charge in [-0.25, -0.2) is 8.78 Å². The number of rotatable bonds is 3. The highest BCUT2D eigenvalue weighted by atomic mass is 79.9. The van der Waals surface area contributed by atoms with Crippen molar-refractivity contribution < 1.29 is 18.6 Å². The van der Waals surface area contributed by atoms with Crippen molar-refractivity contribution in [3.8, 4) is 5.75 Å². The fraction of sp³-hybridized carbons (Fsp3) is 0.143. The molecule has 2 aromatic carbocycles. The Hall–Kier alpha value is -1.46. The van der Waals surface area contributed by atoms with Gasteiger partial charge in [-0.2, -0.15) is 0 Å². The van der Waals surface area contributed by atoms with E-state index < -0.39 is 17.7 Å². The SMILES string of the molecule is COc1ccc(Br)c(C(O)c2ccc(F)c(F)c2)c1. The zero-order valence-corrected chi connectivity index (χ0v) is 11.6. The second kappa shape index (κ2) is 5.67. The minimum atomic E-state index is -1.07. The van der Waals surface area contributed by atoms with E-state index >= 15 is 0 Å². The van der Waals surface area contributed by atoms with Crippen molar-refractivity contribution in [1.29, 1.82) is 0 Å². The molecular formula is C14H11BrF2O2. The monoisotopic (exact) mass is 328 g/mol.